The van der Waals surface area contributed by atoms with Gasteiger partial charge in [0.2, 0.25) is 5.91 Å². The number of hydrogen-bond acceptors (Lipinski definition) is 6. The second kappa shape index (κ2) is 8.70. The zero-order valence-corrected chi connectivity index (χ0v) is 18.0. The molecule has 2 fully saturated rings. The molecule has 2 aromatic heterocycles. The first kappa shape index (κ1) is 22.5. The fourth-order valence-corrected chi connectivity index (χ4v) is 3.80. The van der Waals surface area contributed by atoms with Gasteiger partial charge in [0.1, 0.15) is 5.02 Å². The molecular formula is C20H22ClF3N6O2. The lowest BCUT2D eigenvalue weighted by molar-refractivity contribution is -0.137. The second-order valence-corrected chi connectivity index (χ2v) is 8.32. The SMILES string of the molecule is CC(C(=O)NC1CC1)N1CCN(c2cnn(-c3ccc(C(F)(F)F)cn3)c(=O)c2Cl)CC1. The van der Waals surface area contributed by atoms with Gasteiger partial charge in [0, 0.05) is 38.4 Å². The maximum absolute atomic E-state index is 12.7. The van der Waals surface area contributed by atoms with E-state index in [9.17, 15) is 22.8 Å². The predicted molar refractivity (Wildman–Crippen MR) is 112 cm³/mol. The maximum Gasteiger partial charge on any atom is 0.417 e. The van der Waals surface area contributed by atoms with Crippen LogP contribution in [0.15, 0.2) is 29.3 Å². The Hall–Kier alpha value is -2.66. The highest BCUT2D eigenvalue weighted by molar-refractivity contribution is 6.33. The Morgan fingerprint density at radius 3 is 2.44 bits per heavy atom. The number of carbonyl (C=O) groups is 1. The van der Waals surface area contributed by atoms with E-state index in [2.05, 4.69) is 20.3 Å². The van der Waals surface area contributed by atoms with Gasteiger partial charge in [-0.05, 0) is 31.9 Å². The summed E-state index contributed by atoms with van der Waals surface area (Å²) >= 11 is 6.30. The molecule has 0 bridgehead atoms. The number of carbonyl (C=O) groups excluding carboxylic acids is 1. The Morgan fingerprint density at radius 1 is 1.19 bits per heavy atom. The van der Waals surface area contributed by atoms with E-state index in [-0.39, 0.29) is 22.8 Å². The minimum absolute atomic E-state index is 0.0206. The van der Waals surface area contributed by atoms with Crippen LogP contribution in [-0.2, 0) is 11.0 Å². The van der Waals surface area contributed by atoms with Gasteiger partial charge < -0.3 is 10.2 Å². The lowest BCUT2D eigenvalue weighted by Crippen LogP contribution is -2.54. The van der Waals surface area contributed by atoms with Gasteiger partial charge in [-0.15, -0.1) is 0 Å². The Kier molecular flexibility index (Phi) is 6.13. The molecule has 172 valence electrons. The van der Waals surface area contributed by atoms with Crippen molar-refractivity contribution in [2.45, 2.75) is 38.0 Å². The van der Waals surface area contributed by atoms with Gasteiger partial charge in [-0.3, -0.25) is 14.5 Å². The molecule has 2 aromatic rings. The molecule has 12 heteroatoms. The third-order valence-electron chi connectivity index (χ3n) is 5.70. The molecule has 1 aliphatic heterocycles. The number of nitrogens with one attached hydrogen (secondary N) is 1. The van der Waals surface area contributed by atoms with Gasteiger partial charge in [-0.2, -0.15) is 23.0 Å². The van der Waals surface area contributed by atoms with Crippen molar-refractivity contribution in [3.63, 3.8) is 0 Å². The van der Waals surface area contributed by atoms with Gasteiger partial charge in [0.15, 0.2) is 5.82 Å². The van der Waals surface area contributed by atoms with Crippen molar-refractivity contribution in [1.29, 1.82) is 0 Å². The van der Waals surface area contributed by atoms with Crippen molar-refractivity contribution >= 4 is 23.2 Å². The first-order valence-corrected chi connectivity index (χ1v) is 10.6. The molecule has 2 aliphatic rings. The Labute approximate surface area is 187 Å². The third kappa shape index (κ3) is 4.73. The molecule has 3 heterocycles. The summed E-state index contributed by atoms with van der Waals surface area (Å²) in [5.41, 5.74) is -1.15. The van der Waals surface area contributed by atoms with Gasteiger partial charge in [0.25, 0.3) is 5.56 Å². The molecule has 1 saturated carbocycles. The van der Waals surface area contributed by atoms with E-state index in [4.69, 9.17) is 11.6 Å². The molecule has 0 spiro atoms. The first-order chi connectivity index (χ1) is 15.1. The molecule has 1 saturated heterocycles. The largest absolute Gasteiger partial charge is 0.417 e. The topological polar surface area (TPSA) is 83.4 Å². The zero-order chi connectivity index (χ0) is 23.0. The number of hydrogen-bond donors (Lipinski definition) is 1. The van der Waals surface area contributed by atoms with E-state index in [1.54, 1.807) is 0 Å². The van der Waals surface area contributed by atoms with Crippen molar-refractivity contribution in [2.75, 3.05) is 31.1 Å². The van der Waals surface area contributed by atoms with Crippen LogP contribution in [0.4, 0.5) is 18.9 Å². The minimum Gasteiger partial charge on any atom is -0.366 e. The molecule has 1 unspecified atom stereocenters. The van der Waals surface area contributed by atoms with Crippen LogP contribution in [-0.4, -0.2) is 63.8 Å². The van der Waals surface area contributed by atoms with Crippen molar-refractivity contribution in [3.05, 3.63) is 45.5 Å². The Balaban J connectivity index is 1.45. The fraction of sp³-hybridized carbons (Fsp3) is 0.500. The average Bonchev–Trinajstić information content (AvgIpc) is 3.59. The Bertz CT molecular complexity index is 1050. The summed E-state index contributed by atoms with van der Waals surface area (Å²) in [4.78, 5) is 32.7. The third-order valence-corrected chi connectivity index (χ3v) is 6.05. The van der Waals surface area contributed by atoms with Crippen LogP contribution in [0, 0.1) is 0 Å². The lowest BCUT2D eigenvalue weighted by atomic mass is 10.2. The average molecular weight is 471 g/mol. The number of alkyl halides is 3. The molecule has 4 rings (SSSR count). The van der Waals surface area contributed by atoms with Crippen LogP contribution in [0.25, 0.3) is 5.82 Å². The number of halogens is 4. The summed E-state index contributed by atoms with van der Waals surface area (Å²) in [6.07, 6.45) is -0.410. The molecule has 0 radical (unpaired) electrons. The summed E-state index contributed by atoms with van der Waals surface area (Å²) in [7, 11) is 0. The number of rotatable bonds is 5. The standard InChI is InChI=1S/C20H22ClF3N6O2/c1-12(18(31)27-14-3-4-14)28-6-8-29(9-7-28)15-11-26-30(19(32)17(15)21)16-5-2-13(10-25-16)20(22,23)24/h2,5,10-12,14H,3-4,6-9H2,1H3,(H,27,31). The molecule has 32 heavy (non-hydrogen) atoms. The van der Waals surface area contributed by atoms with Crippen molar-refractivity contribution in [2.24, 2.45) is 0 Å². The lowest BCUT2D eigenvalue weighted by Gasteiger charge is -2.38. The number of anilines is 1. The van der Waals surface area contributed by atoms with E-state index in [0.29, 0.717) is 44.1 Å². The number of pyridine rings is 1. The highest BCUT2D eigenvalue weighted by Crippen LogP contribution is 2.29. The summed E-state index contributed by atoms with van der Waals surface area (Å²) in [5.74, 6) is -0.0379. The minimum atomic E-state index is -4.52. The zero-order valence-electron chi connectivity index (χ0n) is 17.3. The van der Waals surface area contributed by atoms with Crippen LogP contribution < -0.4 is 15.8 Å². The molecule has 8 nitrogen and oxygen atoms in total. The smallest absolute Gasteiger partial charge is 0.366 e. The van der Waals surface area contributed by atoms with Gasteiger partial charge >= 0.3 is 6.18 Å². The highest BCUT2D eigenvalue weighted by atomic mass is 35.5. The quantitative estimate of drug-likeness (QED) is 0.720. The number of amides is 1. The summed E-state index contributed by atoms with van der Waals surface area (Å²) in [6, 6.07) is 1.96. The van der Waals surface area contributed by atoms with Crippen LogP contribution in [0.2, 0.25) is 5.02 Å². The van der Waals surface area contributed by atoms with E-state index < -0.39 is 17.3 Å². The number of aromatic nitrogens is 3. The van der Waals surface area contributed by atoms with E-state index in [0.717, 1.165) is 29.7 Å². The van der Waals surface area contributed by atoms with Gasteiger partial charge in [-0.1, -0.05) is 11.6 Å². The van der Waals surface area contributed by atoms with Crippen LogP contribution >= 0.6 is 11.6 Å². The van der Waals surface area contributed by atoms with Crippen LogP contribution in [0.3, 0.4) is 0 Å². The molecule has 1 atom stereocenters. The molecule has 1 amide bonds. The normalized spacial score (nSPS) is 18.5. The summed E-state index contributed by atoms with van der Waals surface area (Å²) in [6.45, 7) is 4.19. The van der Waals surface area contributed by atoms with Crippen LogP contribution in [0.1, 0.15) is 25.3 Å². The van der Waals surface area contributed by atoms with Crippen molar-refractivity contribution in [1.82, 2.24) is 25.0 Å². The van der Waals surface area contributed by atoms with Crippen molar-refractivity contribution in [3.8, 4) is 5.82 Å². The summed E-state index contributed by atoms with van der Waals surface area (Å²) < 4.78 is 39.1. The van der Waals surface area contributed by atoms with E-state index >= 15 is 0 Å². The van der Waals surface area contributed by atoms with Gasteiger partial charge in [-0.25, -0.2) is 4.98 Å². The van der Waals surface area contributed by atoms with Gasteiger partial charge in [0.05, 0.1) is 23.5 Å². The molecule has 1 N–H and O–H groups in total. The molecule has 1 aliphatic carbocycles. The monoisotopic (exact) mass is 470 g/mol. The molecular weight excluding hydrogens is 449 g/mol. The second-order valence-electron chi connectivity index (χ2n) is 7.95. The van der Waals surface area contributed by atoms with Crippen LogP contribution in [0.5, 0.6) is 0 Å². The van der Waals surface area contributed by atoms with E-state index in [1.807, 2.05) is 11.8 Å². The van der Waals surface area contributed by atoms with E-state index in [1.165, 1.54) is 6.20 Å². The fourth-order valence-electron chi connectivity index (χ4n) is 3.55. The summed E-state index contributed by atoms with van der Waals surface area (Å²) in [5, 5.41) is 6.97. The maximum atomic E-state index is 12.7. The number of piperazine rings is 1. The molecule has 0 aromatic carbocycles. The first-order valence-electron chi connectivity index (χ1n) is 10.3. The predicted octanol–water partition coefficient (Wildman–Crippen LogP) is 2.09. The van der Waals surface area contributed by atoms with Crippen molar-refractivity contribution < 1.29 is 18.0 Å². The highest BCUT2D eigenvalue weighted by Gasteiger charge is 2.32. The Morgan fingerprint density at radius 2 is 1.88 bits per heavy atom. The number of nitrogens with zero attached hydrogens (tertiary/aromatic N) is 5.